The van der Waals surface area contributed by atoms with Crippen LogP contribution in [-0.4, -0.2) is 43.5 Å². The number of hydrogen-bond acceptors (Lipinski definition) is 4. The van der Waals surface area contributed by atoms with Crippen LogP contribution in [0.3, 0.4) is 0 Å². The molecule has 26 heavy (non-hydrogen) atoms. The lowest BCUT2D eigenvalue weighted by molar-refractivity contribution is 0.0696. The van der Waals surface area contributed by atoms with Gasteiger partial charge >= 0.3 is 5.97 Å². The number of hydrogen-bond donors (Lipinski definition) is 2. The van der Waals surface area contributed by atoms with Gasteiger partial charge in [0, 0.05) is 25.7 Å². The van der Waals surface area contributed by atoms with Crippen molar-refractivity contribution in [2.75, 3.05) is 13.1 Å². The van der Waals surface area contributed by atoms with E-state index in [2.05, 4.69) is 21.8 Å². The average Bonchev–Trinajstić information content (AvgIpc) is 2.66. The zero-order valence-corrected chi connectivity index (χ0v) is 15.4. The van der Waals surface area contributed by atoms with Crippen molar-refractivity contribution in [3.8, 4) is 0 Å². The molecule has 0 amide bonds. The van der Waals surface area contributed by atoms with Gasteiger partial charge in [-0.15, -0.1) is 0 Å². The molecule has 2 aromatic rings. The minimum absolute atomic E-state index is 0.0522. The van der Waals surface area contributed by atoms with E-state index in [0.717, 1.165) is 19.5 Å². The molecule has 0 unspecified atom stereocenters. The lowest BCUT2D eigenvalue weighted by Crippen LogP contribution is -2.44. The van der Waals surface area contributed by atoms with Gasteiger partial charge < -0.3 is 5.11 Å². The van der Waals surface area contributed by atoms with Crippen LogP contribution >= 0.6 is 0 Å². The molecular formula is C19H22N2O4S. The molecule has 0 saturated heterocycles. The first-order valence-electron chi connectivity index (χ1n) is 8.50. The van der Waals surface area contributed by atoms with Crippen molar-refractivity contribution in [1.29, 1.82) is 0 Å². The molecule has 7 heteroatoms. The Morgan fingerprint density at radius 3 is 2.46 bits per heavy atom. The second-order valence-electron chi connectivity index (χ2n) is 6.52. The predicted molar refractivity (Wildman–Crippen MR) is 98.6 cm³/mol. The van der Waals surface area contributed by atoms with E-state index in [9.17, 15) is 13.2 Å². The third kappa shape index (κ3) is 4.12. The maximum Gasteiger partial charge on any atom is 0.335 e. The lowest BCUT2D eigenvalue weighted by atomic mass is 9.99. The zero-order valence-electron chi connectivity index (χ0n) is 14.6. The second kappa shape index (κ2) is 7.57. The van der Waals surface area contributed by atoms with E-state index in [1.807, 2.05) is 19.1 Å². The number of nitrogens with zero attached hydrogens (tertiary/aromatic N) is 1. The maximum absolute atomic E-state index is 12.4. The van der Waals surface area contributed by atoms with Gasteiger partial charge in [0.2, 0.25) is 10.0 Å². The molecule has 1 atom stereocenters. The van der Waals surface area contributed by atoms with Crippen LogP contribution in [0.4, 0.5) is 0 Å². The van der Waals surface area contributed by atoms with Gasteiger partial charge in [0.05, 0.1) is 10.5 Å². The molecule has 2 N–H and O–H groups in total. The van der Waals surface area contributed by atoms with Crippen LogP contribution in [-0.2, 0) is 23.0 Å². The number of rotatable bonds is 6. The highest BCUT2D eigenvalue weighted by molar-refractivity contribution is 7.89. The summed E-state index contributed by atoms with van der Waals surface area (Å²) in [5, 5.41) is 8.90. The molecule has 0 aromatic heterocycles. The second-order valence-corrected chi connectivity index (χ2v) is 8.29. The van der Waals surface area contributed by atoms with Crippen molar-refractivity contribution in [3.63, 3.8) is 0 Å². The molecular weight excluding hydrogens is 352 g/mol. The molecule has 2 aromatic carbocycles. The SMILES string of the molecule is C[C@@H](CNS(=O)(=O)c1ccc(C(=O)O)cc1)N1CCc2ccccc2C1. The summed E-state index contributed by atoms with van der Waals surface area (Å²) in [7, 11) is -3.67. The van der Waals surface area contributed by atoms with Gasteiger partial charge in [-0.05, 0) is 48.7 Å². The Hall–Kier alpha value is -2.22. The Kier molecular flexibility index (Phi) is 5.41. The number of aromatic carboxylic acids is 1. The van der Waals surface area contributed by atoms with Crippen LogP contribution < -0.4 is 4.72 Å². The van der Waals surface area contributed by atoms with Crippen LogP contribution in [0.5, 0.6) is 0 Å². The van der Waals surface area contributed by atoms with Crippen molar-refractivity contribution in [2.45, 2.75) is 30.8 Å². The fraction of sp³-hybridized carbons (Fsp3) is 0.316. The predicted octanol–water partition coefficient (Wildman–Crippen LogP) is 2.11. The van der Waals surface area contributed by atoms with E-state index in [0.29, 0.717) is 6.54 Å². The van der Waals surface area contributed by atoms with Gasteiger partial charge in [-0.25, -0.2) is 17.9 Å². The van der Waals surface area contributed by atoms with Gasteiger partial charge in [0.1, 0.15) is 0 Å². The summed E-state index contributed by atoms with van der Waals surface area (Å²) in [4.78, 5) is 13.2. The lowest BCUT2D eigenvalue weighted by Gasteiger charge is -2.33. The van der Waals surface area contributed by atoms with Crippen molar-refractivity contribution < 1.29 is 18.3 Å². The Morgan fingerprint density at radius 2 is 1.81 bits per heavy atom. The van der Waals surface area contributed by atoms with Crippen molar-refractivity contribution >= 4 is 16.0 Å². The Balaban J connectivity index is 1.61. The molecule has 0 spiro atoms. The molecule has 0 radical (unpaired) electrons. The van der Waals surface area contributed by atoms with Crippen LogP contribution in [0.1, 0.15) is 28.4 Å². The highest BCUT2D eigenvalue weighted by atomic mass is 32.2. The van der Waals surface area contributed by atoms with E-state index in [1.165, 1.54) is 35.4 Å². The molecule has 0 aliphatic carbocycles. The van der Waals surface area contributed by atoms with E-state index in [1.54, 1.807) is 0 Å². The summed E-state index contributed by atoms with van der Waals surface area (Å²) in [5.74, 6) is -1.08. The van der Waals surface area contributed by atoms with Crippen LogP contribution in [0, 0.1) is 0 Å². The summed E-state index contributed by atoms with van der Waals surface area (Å²) in [5.41, 5.74) is 2.71. The zero-order chi connectivity index (χ0) is 18.7. The molecule has 1 aliphatic heterocycles. The minimum Gasteiger partial charge on any atom is -0.478 e. The van der Waals surface area contributed by atoms with Gasteiger partial charge in [0.15, 0.2) is 0 Å². The summed E-state index contributed by atoms with van der Waals surface area (Å²) in [6.45, 7) is 4.01. The average molecular weight is 374 g/mol. The molecule has 0 bridgehead atoms. The molecule has 138 valence electrons. The minimum atomic E-state index is -3.67. The first-order valence-corrected chi connectivity index (χ1v) is 9.99. The first-order chi connectivity index (χ1) is 12.4. The fourth-order valence-corrected chi connectivity index (χ4v) is 4.23. The summed E-state index contributed by atoms with van der Waals surface area (Å²) in [6.07, 6.45) is 0.962. The normalized spacial score (nSPS) is 16.0. The van der Waals surface area contributed by atoms with Gasteiger partial charge in [-0.2, -0.15) is 0 Å². The van der Waals surface area contributed by atoms with Crippen molar-refractivity contribution in [2.24, 2.45) is 0 Å². The molecule has 1 aliphatic rings. The van der Waals surface area contributed by atoms with Crippen molar-refractivity contribution in [1.82, 2.24) is 9.62 Å². The summed E-state index contributed by atoms with van der Waals surface area (Å²) >= 11 is 0. The topological polar surface area (TPSA) is 86.7 Å². The maximum atomic E-state index is 12.4. The number of fused-ring (bicyclic) bond motifs is 1. The fourth-order valence-electron chi connectivity index (χ4n) is 3.11. The Morgan fingerprint density at radius 1 is 1.15 bits per heavy atom. The Bertz CT molecular complexity index is 894. The quantitative estimate of drug-likeness (QED) is 0.809. The number of carboxylic acids is 1. The largest absolute Gasteiger partial charge is 0.478 e. The highest BCUT2D eigenvalue weighted by Crippen LogP contribution is 2.20. The summed E-state index contributed by atoms with van der Waals surface area (Å²) < 4.78 is 27.5. The van der Waals surface area contributed by atoms with E-state index in [-0.39, 0.29) is 16.5 Å². The van der Waals surface area contributed by atoms with Gasteiger partial charge in [-0.1, -0.05) is 24.3 Å². The van der Waals surface area contributed by atoms with E-state index < -0.39 is 16.0 Å². The monoisotopic (exact) mass is 374 g/mol. The number of carboxylic acid groups (broad SMARTS) is 1. The highest BCUT2D eigenvalue weighted by Gasteiger charge is 2.22. The molecule has 1 heterocycles. The smallest absolute Gasteiger partial charge is 0.335 e. The van der Waals surface area contributed by atoms with Crippen LogP contribution in [0.2, 0.25) is 0 Å². The Labute approximate surface area is 153 Å². The van der Waals surface area contributed by atoms with Gasteiger partial charge in [-0.3, -0.25) is 4.90 Å². The number of benzene rings is 2. The number of sulfonamides is 1. The molecule has 0 saturated carbocycles. The van der Waals surface area contributed by atoms with E-state index >= 15 is 0 Å². The summed E-state index contributed by atoms with van der Waals surface area (Å²) in [6, 6.07) is 13.6. The van der Waals surface area contributed by atoms with Crippen molar-refractivity contribution in [3.05, 3.63) is 65.2 Å². The van der Waals surface area contributed by atoms with Gasteiger partial charge in [0.25, 0.3) is 0 Å². The third-order valence-electron chi connectivity index (χ3n) is 4.76. The van der Waals surface area contributed by atoms with E-state index in [4.69, 9.17) is 5.11 Å². The third-order valence-corrected chi connectivity index (χ3v) is 6.20. The first kappa shape index (κ1) is 18.6. The van der Waals surface area contributed by atoms with Crippen LogP contribution in [0.15, 0.2) is 53.4 Å². The van der Waals surface area contributed by atoms with Crippen LogP contribution in [0.25, 0.3) is 0 Å². The number of carbonyl (C=O) groups is 1. The number of nitrogens with one attached hydrogen (secondary N) is 1. The standard InChI is InChI=1S/C19H22N2O4S/c1-14(21-11-10-15-4-2-3-5-17(15)13-21)12-20-26(24,25)18-8-6-16(7-9-18)19(22)23/h2-9,14,20H,10-13H2,1H3,(H,22,23)/t14-/m0/s1. The molecule has 6 nitrogen and oxygen atoms in total. The molecule has 0 fully saturated rings. The molecule has 3 rings (SSSR count).